The van der Waals surface area contributed by atoms with Gasteiger partial charge in [-0.3, -0.25) is 0 Å². The minimum Gasteiger partial charge on any atom is -0.395 e. The number of rotatable bonds is 2. The van der Waals surface area contributed by atoms with E-state index < -0.39 is 0 Å². The van der Waals surface area contributed by atoms with Crippen molar-refractivity contribution < 1.29 is 5.11 Å². The van der Waals surface area contributed by atoms with Gasteiger partial charge in [-0.2, -0.15) is 0 Å². The molecule has 0 aliphatic carbocycles. The molecule has 1 nitrogen and oxygen atoms in total. The lowest BCUT2D eigenvalue weighted by Gasteiger charge is -1.87. The second-order valence-corrected chi connectivity index (χ2v) is 2.40. The zero-order chi connectivity index (χ0) is 7.82. The largest absolute Gasteiger partial charge is 0.395 e. The SMILES string of the molecule is CC(C)/C=C\C#CCCO. The molecule has 1 N–H and O–H groups in total. The predicted molar refractivity (Wildman–Crippen MR) is 43.5 cm³/mol. The van der Waals surface area contributed by atoms with Crippen LogP contribution in [0.2, 0.25) is 0 Å². The van der Waals surface area contributed by atoms with Gasteiger partial charge in [-0.15, -0.1) is 0 Å². The third-order valence-corrected chi connectivity index (χ3v) is 0.903. The molecule has 0 atom stereocenters. The second-order valence-electron chi connectivity index (χ2n) is 2.40. The highest BCUT2D eigenvalue weighted by Crippen LogP contribution is 1.91. The van der Waals surface area contributed by atoms with Crippen LogP contribution in [0.1, 0.15) is 20.3 Å². The summed E-state index contributed by atoms with van der Waals surface area (Å²) in [7, 11) is 0. The zero-order valence-electron chi connectivity index (χ0n) is 6.59. The fourth-order valence-electron chi connectivity index (χ4n) is 0.428. The second kappa shape index (κ2) is 6.38. The summed E-state index contributed by atoms with van der Waals surface area (Å²) in [6.45, 7) is 4.36. The van der Waals surface area contributed by atoms with Gasteiger partial charge < -0.3 is 5.11 Å². The van der Waals surface area contributed by atoms with E-state index >= 15 is 0 Å². The van der Waals surface area contributed by atoms with Gasteiger partial charge >= 0.3 is 0 Å². The van der Waals surface area contributed by atoms with Crippen molar-refractivity contribution in [2.24, 2.45) is 5.92 Å². The summed E-state index contributed by atoms with van der Waals surface area (Å²) in [6, 6.07) is 0. The summed E-state index contributed by atoms with van der Waals surface area (Å²) in [5.41, 5.74) is 0. The molecule has 10 heavy (non-hydrogen) atoms. The molecule has 0 aliphatic heterocycles. The van der Waals surface area contributed by atoms with E-state index in [-0.39, 0.29) is 6.61 Å². The molecule has 0 aromatic heterocycles. The smallest absolute Gasteiger partial charge is 0.0540 e. The predicted octanol–water partition coefficient (Wildman–Crippen LogP) is 1.58. The van der Waals surface area contributed by atoms with E-state index in [4.69, 9.17) is 5.11 Å². The third kappa shape index (κ3) is 7.26. The Morgan fingerprint density at radius 1 is 1.50 bits per heavy atom. The summed E-state index contributed by atoms with van der Waals surface area (Å²) in [4.78, 5) is 0. The maximum atomic E-state index is 8.35. The summed E-state index contributed by atoms with van der Waals surface area (Å²) in [6.07, 6.45) is 4.44. The Morgan fingerprint density at radius 2 is 2.20 bits per heavy atom. The van der Waals surface area contributed by atoms with E-state index in [2.05, 4.69) is 25.7 Å². The Balaban J connectivity index is 3.44. The zero-order valence-corrected chi connectivity index (χ0v) is 6.59. The number of allylic oxidation sites excluding steroid dienone is 2. The normalized spacial score (nSPS) is 10.0. The van der Waals surface area contributed by atoms with E-state index in [0.29, 0.717) is 12.3 Å². The number of aliphatic hydroxyl groups excluding tert-OH is 1. The molecule has 0 saturated carbocycles. The highest BCUT2D eigenvalue weighted by atomic mass is 16.2. The van der Waals surface area contributed by atoms with E-state index in [1.807, 2.05) is 12.2 Å². The van der Waals surface area contributed by atoms with Crippen LogP contribution in [0, 0.1) is 17.8 Å². The molecule has 0 heterocycles. The first kappa shape index (κ1) is 9.26. The van der Waals surface area contributed by atoms with Crippen LogP contribution in [-0.4, -0.2) is 11.7 Å². The van der Waals surface area contributed by atoms with Crippen LogP contribution in [0.3, 0.4) is 0 Å². The Kier molecular flexibility index (Phi) is 5.91. The van der Waals surface area contributed by atoms with E-state index in [9.17, 15) is 0 Å². The van der Waals surface area contributed by atoms with E-state index in [1.165, 1.54) is 0 Å². The van der Waals surface area contributed by atoms with Crippen LogP contribution >= 0.6 is 0 Å². The lowest BCUT2D eigenvalue weighted by atomic mass is 10.2. The summed E-state index contributed by atoms with van der Waals surface area (Å²) >= 11 is 0. The summed E-state index contributed by atoms with van der Waals surface area (Å²) < 4.78 is 0. The Labute approximate surface area is 62.8 Å². The average molecular weight is 138 g/mol. The molecular formula is C9H14O. The van der Waals surface area contributed by atoms with E-state index in [0.717, 1.165) is 0 Å². The van der Waals surface area contributed by atoms with Gasteiger partial charge in [0.2, 0.25) is 0 Å². The summed E-state index contributed by atoms with van der Waals surface area (Å²) in [5.74, 6) is 6.19. The monoisotopic (exact) mass is 138 g/mol. The molecule has 0 amide bonds. The van der Waals surface area contributed by atoms with Gasteiger partial charge in [0, 0.05) is 6.42 Å². The molecule has 0 bridgehead atoms. The molecule has 0 radical (unpaired) electrons. The van der Waals surface area contributed by atoms with Crippen molar-refractivity contribution in [3.8, 4) is 11.8 Å². The van der Waals surface area contributed by atoms with Crippen LogP contribution in [-0.2, 0) is 0 Å². The Hall–Kier alpha value is -0.740. The standard InChI is InChI=1S/C9H14O/c1-9(2)7-5-3-4-6-8-10/h5,7,9-10H,6,8H2,1-2H3/b7-5-. The van der Waals surface area contributed by atoms with Crippen molar-refractivity contribution >= 4 is 0 Å². The van der Waals surface area contributed by atoms with Crippen molar-refractivity contribution in [2.75, 3.05) is 6.61 Å². The maximum absolute atomic E-state index is 8.35. The first-order valence-corrected chi connectivity index (χ1v) is 3.53. The molecule has 0 unspecified atom stereocenters. The highest BCUT2D eigenvalue weighted by molar-refractivity contribution is 5.15. The first-order valence-electron chi connectivity index (χ1n) is 3.53. The fraction of sp³-hybridized carbons (Fsp3) is 0.556. The van der Waals surface area contributed by atoms with Crippen LogP contribution in [0.15, 0.2) is 12.2 Å². The van der Waals surface area contributed by atoms with Gasteiger partial charge in [-0.1, -0.05) is 31.8 Å². The molecule has 0 aliphatic rings. The highest BCUT2D eigenvalue weighted by Gasteiger charge is 1.78. The van der Waals surface area contributed by atoms with Gasteiger partial charge in [-0.05, 0) is 12.0 Å². The molecular weight excluding hydrogens is 124 g/mol. The van der Waals surface area contributed by atoms with Gasteiger partial charge in [0.05, 0.1) is 6.61 Å². The molecule has 0 aromatic rings. The van der Waals surface area contributed by atoms with Crippen molar-refractivity contribution in [2.45, 2.75) is 20.3 Å². The molecule has 0 rings (SSSR count). The van der Waals surface area contributed by atoms with E-state index in [1.54, 1.807) is 0 Å². The van der Waals surface area contributed by atoms with Crippen molar-refractivity contribution in [3.05, 3.63) is 12.2 Å². The fourth-order valence-corrected chi connectivity index (χ4v) is 0.428. The first-order chi connectivity index (χ1) is 4.77. The maximum Gasteiger partial charge on any atom is 0.0540 e. The molecule has 0 fully saturated rings. The quantitative estimate of drug-likeness (QED) is 0.574. The Morgan fingerprint density at radius 3 is 2.70 bits per heavy atom. The van der Waals surface area contributed by atoms with Crippen LogP contribution in [0.4, 0.5) is 0 Å². The van der Waals surface area contributed by atoms with Crippen molar-refractivity contribution in [1.29, 1.82) is 0 Å². The number of hydrogen-bond donors (Lipinski definition) is 1. The summed E-state index contributed by atoms with van der Waals surface area (Å²) in [5, 5.41) is 8.35. The van der Waals surface area contributed by atoms with Crippen molar-refractivity contribution in [3.63, 3.8) is 0 Å². The molecule has 0 saturated heterocycles. The molecule has 1 heteroatoms. The van der Waals surface area contributed by atoms with Crippen LogP contribution < -0.4 is 0 Å². The van der Waals surface area contributed by atoms with Crippen LogP contribution in [0.25, 0.3) is 0 Å². The van der Waals surface area contributed by atoms with Gasteiger partial charge in [0.1, 0.15) is 0 Å². The lowest BCUT2D eigenvalue weighted by Crippen LogP contribution is -1.76. The minimum atomic E-state index is 0.155. The Bertz CT molecular complexity index is 146. The lowest BCUT2D eigenvalue weighted by molar-refractivity contribution is 0.305. The molecule has 56 valence electrons. The van der Waals surface area contributed by atoms with Gasteiger partial charge in [-0.25, -0.2) is 0 Å². The van der Waals surface area contributed by atoms with Gasteiger partial charge in [0.15, 0.2) is 0 Å². The van der Waals surface area contributed by atoms with Gasteiger partial charge in [0.25, 0.3) is 0 Å². The third-order valence-electron chi connectivity index (χ3n) is 0.903. The average Bonchev–Trinajstić information content (AvgIpc) is 1.87. The minimum absolute atomic E-state index is 0.155. The number of hydrogen-bond acceptors (Lipinski definition) is 1. The number of aliphatic hydroxyl groups is 1. The van der Waals surface area contributed by atoms with Crippen molar-refractivity contribution in [1.82, 2.24) is 0 Å². The van der Waals surface area contributed by atoms with Crippen LogP contribution in [0.5, 0.6) is 0 Å². The molecule has 0 spiro atoms. The molecule has 0 aromatic carbocycles. The topological polar surface area (TPSA) is 20.2 Å².